The van der Waals surface area contributed by atoms with E-state index < -0.39 is 0 Å². The molecule has 20 heavy (non-hydrogen) atoms. The summed E-state index contributed by atoms with van der Waals surface area (Å²) in [6.45, 7) is 4.77. The molecule has 4 nitrogen and oxygen atoms in total. The van der Waals surface area contributed by atoms with E-state index in [2.05, 4.69) is 29.9 Å². The van der Waals surface area contributed by atoms with Crippen LogP contribution < -0.4 is 9.47 Å². The molecule has 0 fully saturated rings. The van der Waals surface area contributed by atoms with Gasteiger partial charge < -0.3 is 14.4 Å². The molecule has 1 aromatic rings. The first-order valence-corrected chi connectivity index (χ1v) is 7.33. The van der Waals surface area contributed by atoms with Crippen molar-refractivity contribution in [3.05, 3.63) is 23.8 Å². The normalized spacial score (nSPS) is 14.3. The van der Waals surface area contributed by atoms with Gasteiger partial charge in [0, 0.05) is 19.2 Å². The summed E-state index contributed by atoms with van der Waals surface area (Å²) < 4.78 is 11.2. The third-order valence-corrected chi connectivity index (χ3v) is 3.49. The average molecular weight is 276 g/mol. The van der Waals surface area contributed by atoms with Crippen LogP contribution in [0, 0.1) is 0 Å². The number of aliphatic imine (C=N–C) groups is 1. The first-order chi connectivity index (χ1) is 9.76. The lowest BCUT2D eigenvalue weighted by molar-refractivity contribution is 0.286. The second-order valence-electron chi connectivity index (χ2n) is 5.05. The number of hydrogen-bond acceptors (Lipinski definition) is 4. The smallest absolute Gasteiger partial charge is 0.161 e. The lowest BCUT2D eigenvalue weighted by atomic mass is 10.1. The third-order valence-electron chi connectivity index (χ3n) is 3.49. The van der Waals surface area contributed by atoms with Crippen molar-refractivity contribution in [3.63, 3.8) is 0 Å². The van der Waals surface area contributed by atoms with Crippen LogP contribution in [-0.2, 0) is 0 Å². The van der Waals surface area contributed by atoms with E-state index in [0.717, 1.165) is 49.0 Å². The largest absolute Gasteiger partial charge is 0.493 e. The van der Waals surface area contributed by atoms with Crippen molar-refractivity contribution in [1.82, 2.24) is 4.90 Å². The molecule has 0 N–H and O–H groups in total. The van der Waals surface area contributed by atoms with E-state index in [-0.39, 0.29) is 0 Å². The first-order valence-electron chi connectivity index (χ1n) is 7.33. The van der Waals surface area contributed by atoms with Crippen LogP contribution in [0.2, 0.25) is 0 Å². The predicted molar refractivity (Wildman–Crippen MR) is 82.0 cm³/mol. The van der Waals surface area contributed by atoms with Gasteiger partial charge in [-0.3, -0.25) is 4.99 Å². The summed E-state index contributed by atoms with van der Waals surface area (Å²) >= 11 is 0. The average Bonchev–Trinajstić information content (AvgIpc) is 2.90. The van der Waals surface area contributed by atoms with Crippen molar-refractivity contribution in [1.29, 1.82) is 0 Å². The molecule has 2 rings (SSSR count). The third kappa shape index (κ3) is 3.44. The number of benzene rings is 1. The van der Waals surface area contributed by atoms with E-state index in [1.165, 1.54) is 12.8 Å². The van der Waals surface area contributed by atoms with Gasteiger partial charge in [0.25, 0.3) is 0 Å². The number of unbranched alkanes of at least 4 members (excludes halogenated alkanes) is 2. The molecular weight excluding hydrogens is 252 g/mol. The number of likely N-dealkylation sites (N-methyl/N-ethyl adjacent to an activating group) is 1. The minimum Gasteiger partial charge on any atom is -0.493 e. The van der Waals surface area contributed by atoms with Gasteiger partial charge in [0.1, 0.15) is 5.84 Å². The van der Waals surface area contributed by atoms with Gasteiger partial charge in [0.05, 0.1) is 20.3 Å². The molecule has 1 aliphatic heterocycles. The van der Waals surface area contributed by atoms with Crippen LogP contribution in [0.4, 0.5) is 0 Å². The Balaban J connectivity index is 2.07. The van der Waals surface area contributed by atoms with E-state index in [0.29, 0.717) is 0 Å². The Hall–Kier alpha value is -1.71. The number of ether oxygens (including phenoxy) is 2. The van der Waals surface area contributed by atoms with E-state index in [1.54, 1.807) is 7.11 Å². The van der Waals surface area contributed by atoms with Crippen LogP contribution in [0.1, 0.15) is 31.7 Å². The van der Waals surface area contributed by atoms with Crippen molar-refractivity contribution < 1.29 is 9.47 Å². The summed E-state index contributed by atoms with van der Waals surface area (Å²) in [6, 6.07) is 6.04. The van der Waals surface area contributed by atoms with Gasteiger partial charge in [-0.1, -0.05) is 19.8 Å². The van der Waals surface area contributed by atoms with Crippen molar-refractivity contribution in [2.45, 2.75) is 26.2 Å². The minimum atomic E-state index is 0.740. The highest BCUT2D eigenvalue weighted by Crippen LogP contribution is 2.29. The Morgan fingerprint density at radius 3 is 2.75 bits per heavy atom. The van der Waals surface area contributed by atoms with E-state index >= 15 is 0 Å². The zero-order valence-electron chi connectivity index (χ0n) is 12.7. The molecule has 0 spiro atoms. The van der Waals surface area contributed by atoms with E-state index in [1.807, 2.05) is 12.1 Å². The lowest BCUT2D eigenvalue weighted by Gasteiger charge is -2.16. The van der Waals surface area contributed by atoms with Gasteiger partial charge in [0.2, 0.25) is 0 Å². The summed E-state index contributed by atoms with van der Waals surface area (Å²) in [5.41, 5.74) is 1.09. The Morgan fingerprint density at radius 2 is 2.10 bits per heavy atom. The lowest BCUT2D eigenvalue weighted by Crippen LogP contribution is -2.23. The quantitative estimate of drug-likeness (QED) is 0.718. The number of methoxy groups -OCH3 is 1. The highest BCUT2D eigenvalue weighted by atomic mass is 16.5. The molecule has 0 unspecified atom stereocenters. The van der Waals surface area contributed by atoms with Crippen molar-refractivity contribution in [2.24, 2.45) is 4.99 Å². The first kappa shape index (κ1) is 14.7. The Bertz CT molecular complexity index is 472. The topological polar surface area (TPSA) is 34.1 Å². The Labute approximate surface area is 121 Å². The van der Waals surface area contributed by atoms with Crippen molar-refractivity contribution in [2.75, 3.05) is 33.9 Å². The molecule has 0 amide bonds. The van der Waals surface area contributed by atoms with Gasteiger partial charge in [-0.05, 0) is 24.6 Å². The molecule has 1 aromatic carbocycles. The maximum absolute atomic E-state index is 5.80. The van der Waals surface area contributed by atoms with Gasteiger partial charge >= 0.3 is 0 Å². The fourth-order valence-electron chi connectivity index (χ4n) is 2.30. The summed E-state index contributed by atoms with van der Waals surface area (Å²) in [5.74, 6) is 2.62. The Morgan fingerprint density at radius 1 is 1.25 bits per heavy atom. The van der Waals surface area contributed by atoms with E-state index in [4.69, 9.17) is 9.47 Å². The SMILES string of the molecule is CCCCCOc1ccc(C2=NCCN2C)cc1OC. The second-order valence-corrected chi connectivity index (χ2v) is 5.05. The van der Waals surface area contributed by atoms with Crippen LogP contribution in [0.3, 0.4) is 0 Å². The zero-order chi connectivity index (χ0) is 14.4. The van der Waals surface area contributed by atoms with Crippen LogP contribution in [-0.4, -0.2) is 44.6 Å². The molecule has 0 saturated heterocycles. The molecule has 1 heterocycles. The summed E-state index contributed by atoms with van der Waals surface area (Å²) in [7, 11) is 3.74. The molecule has 0 bridgehead atoms. The van der Waals surface area contributed by atoms with Crippen molar-refractivity contribution >= 4 is 5.84 Å². The van der Waals surface area contributed by atoms with Crippen LogP contribution in [0.5, 0.6) is 11.5 Å². The maximum atomic E-state index is 5.80. The maximum Gasteiger partial charge on any atom is 0.161 e. The molecule has 0 radical (unpaired) electrons. The van der Waals surface area contributed by atoms with Gasteiger partial charge in [-0.2, -0.15) is 0 Å². The predicted octanol–water partition coefficient (Wildman–Crippen LogP) is 2.96. The molecule has 0 saturated carbocycles. The standard InChI is InChI=1S/C16H24N2O2/c1-4-5-6-11-20-14-8-7-13(12-15(14)19-3)16-17-9-10-18(16)2/h7-8,12H,4-6,9-11H2,1-3H3. The zero-order valence-corrected chi connectivity index (χ0v) is 12.7. The molecule has 0 aromatic heterocycles. The number of amidine groups is 1. The molecular formula is C16H24N2O2. The van der Waals surface area contributed by atoms with Gasteiger partial charge in [-0.15, -0.1) is 0 Å². The van der Waals surface area contributed by atoms with Crippen LogP contribution in [0.25, 0.3) is 0 Å². The van der Waals surface area contributed by atoms with E-state index in [9.17, 15) is 0 Å². The number of nitrogens with zero attached hydrogens (tertiary/aromatic N) is 2. The second kappa shape index (κ2) is 7.17. The Kier molecular flexibility index (Phi) is 5.27. The van der Waals surface area contributed by atoms with Gasteiger partial charge in [-0.25, -0.2) is 0 Å². The summed E-state index contributed by atoms with van der Waals surface area (Å²) in [5, 5.41) is 0. The molecule has 110 valence electrons. The number of hydrogen-bond donors (Lipinski definition) is 0. The monoisotopic (exact) mass is 276 g/mol. The highest BCUT2D eigenvalue weighted by Gasteiger charge is 2.16. The van der Waals surface area contributed by atoms with Crippen molar-refractivity contribution in [3.8, 4) is 11.5 Å². The fraction of sp³-hybridized carbons (Fsp3) is 0.562. The summed E-state index contributed by atoms with van der Waals surface area (Å²) in [6.07, 6.45) is 3.48. The molecule has 1 aliphatic rings. The molecule has 0 atom stereocenters. The number of rotatable bonds is 7. The van der Waals surface area contributed by atoms with Gasteiger partial charge in [0.15, 0.2) is 11.5 Å². The van der Waals surface area contributed by atoms with Crippen LogP contribution >= 0.6 is 0 Å². The summed E-state index contributed by atoms with van der Waals surface area (Å²) in [4.78, 5) is 6.69. The minimum absolute atomic E-state index is 0.740. The molecule has 0 aliphatic carbocycles. The molecule has 4 heteroatoms. The van der Waals surface area contributed by atoms with Crippen LogP contribution in [0.15, 0.2) is 23.2 Å². The highest BCUT2D eigenvalue weighted by molar-refractivity contribution is 6.00. The fourth-order valence-corrected chi connectivity index (χ4v) is 2.30.